The van der Waals surface area contributed by atoms with Gasteiger partial charge >= 0.3 is 0 Å². The first-order valence-corrected chi connectivity index (χ1v) is 3.70. The van der Waals surface area contributed by atoms with Crippen LogP contribution in [0.1, 0.15) is 0 Å². The molecule has 1 aromatic carbocycles. The molecular formula is C6H3F3IN. The quantitative estimate of drug-likeness (QED) is 0.334. The van der Waals surface area contributed by atoms with Gasteiger partial charge in [-0.2, -0.15) is 0 Å². The lowest BCUT2D eigenvalue weighted by atomic mass is 10.3. The van der Waals surface area contributed by atoms with Crippen LogP contribution in [-0.4, -0.2) is 0 Å². The predicted octanol–water partition coefficient (Wildman–Crippen LogP) is 2.29. The Hall–Kier alpha value is -0.460. The van der Waals surface area contributed by atoms with E-state index < -0.39 is 17.5 Å². The van der Waals surface area contributed by atoms with Gasteiger partial charge in [0.05, 0.1) is 9.26 Å². The van der Waals surface area contributed by atoms with E-state index >= 15 is 0 Å². The zero-order chi connectivity index (χ0) is 8.59. The third-order valence-corrected chi connectivity index (χ3v) is 2.23. The van der Waals surface area contributed by atoms with Crippen LogP contribution in [0, 0.1) is 21.0 Å². The summed E-state index contributed by atoms with van der Waals surface area (Å²) in [6, 6.07) is 0.750. The molecule has 5 heteroatoms. The van der Waals surface area contributed by atoms with Crippen molar-refractivity contribution in [3.05, 3.63) is 27.1 Å². The first-order valence-electron chi connectivity index (χ1n) is 2.62. The molecule has 0 spiro atoms. The van der Waals surface area contributed by atoms with Crippen LogP contribution in [-0.2, 0) is 0 Å². The Morgan fingerprint density at radius 2 is 1.73 bits per heavy atom. The maximum absolute atomic E-state index is 12.5. The smallest absolute Gasteiger partial charge is 0.195 e. The van der Waals surface area contributed by atoms with Crippen LogP contribution >= 0.6 is 22.6 Å². The highest BCUT2D eigenvalue weighted by atomic mass is 127. The summed E-state index contributed by atoms with van der Waals surface area (Å²) in [5.74, 6) is -3.98. The zero-order valence-electron chi connectivity index (χ0n) is 5.17. The van der Waals surface area contributed by atoms with Gasteiger partial charge in [-0.1, -0.05) is 0 Å². The van der Waals surface area contributed by atoms with Crippen molar-refractivity contribution in [2.24, 2.45) is 0 Å². The van der Waals surface area contributed by atoms with Gasteiger partial charge in [0.25, 0.3) is 0 Å². The lowest BCUT2D eigenvalue weighted by Crippen LogP contribution is -1.99. The van der Waals surface area contributed by atoms with Crippen LogP contribution in [0.2, 0.25) is 0 Å². The van der Waals surface area contributed by atoms with E-state index in [2.05, 4.69) is 0 Å². The highest BCUT2D eigenvalue weighted by Gasteiger charge is 2.14. The molecule has 0 radical (unpaired) electrons. The van der Waals surface area contributed by atoms with Crippen LogP contribution in [0.3, 0.4) is 0 Å². The van der Waals surface area contributed by atoms with Crippen molar-refractivity contribution in [1.82, 2.24) is 0 Å². The molecule has 0 aliphatic heterocycles. The minimum absolute atomic E-state index is 0.0954. The van der Waals surface area contributed by atoms with Gasteiger partial charge in [-0.3, -0.25) is 0 Å². The first kappa shape index (κ1) is 8.63. The second-order valence-electron chi connectivity index (χ2n) is 1.89. The number of hydrogen-bond donors (Lipinski definition) is 1. The molecule has 0 saturated heterocycles. The van der Waals surface area contributed by atoms with Crippen LogP contribution < -0.4 is 5.73 Å². The van der Waals surface area contributed by atoms with Crippen molar-refractivity contribution < 1.29 is 13.2 Å². The van der Waals surface area contributed by atoms with E-state index in [9.17, 15) is 13.2 Å². The molecule has 2 N–H and O–H groups in total. The number of rotatable bonds is 0. The minimum atomic E-state index is -1.48. The van der Waals surface area contributed by atoms with Gasteiger partial charge in [0.15, 0.2) is 17.5 Å². The van der Waals surface area contributed by atoms with Crippen LogP contribution in [0.15, 0.2) is 6.07 Å². The van der Waals surface area contributed by atoms with Crippen LogP contribution in [0.25, 0.3) is 0 Å². The van der Waals surface area contributed by atoms with Gasteiger partial charge < -0.3 is 5.73 Å². The molecule has 0 aromatic heterocycles. The average molecular weight is 273 g/mol. The summed E-state index contributed by atoms with van der Waals surface area (Å²) in [6.07, 6.45) is 0. The molecule has 60 valence electrons. The summed E-state index contributed by atoms with van der Waals surface area (Å²) in [5, 5.41) is 0. The zero-order valence-corrected chi connectivity index (χ0v) is 7.32. The van der Waals surface area contributed by atoms with Crippen molar-refractivity contribution in [2.45, 2.75) is 0 Å². The van der Waals surface area contributed by atoms with Crippen LogP contribution in [0.5, 0.6) is 0 Å². The maximum atomic E-state index is 12.5. The highest BCUT2D eigenvalue weighted by Crippen LogP contribution is 2.22. The van der Waals surface area contributed by atoms with Crippen molar-refractivity contribution in [3.8, 4) is 0 Å². The Morgan fingerprint density at radius 1 is 1.18 bits per heavy atom. The minimum Gasteiger partial charge on any atom is -0.398 e. The molecule has 1 aromatic rings. The molecule has 0 heterocycles. The van der Waals surface area contributed by atoms with Crippen molar-refractivity contribution in [1.29, 1.82) is 0 Å². The van der Waals surface area contributed by atoms with Gasteiger partial charge in [0.2, 0.25) is 0 Å². The van der Waals surface area contributed by atoms with Crippen LogP contribution in [0.4, 0.5) is 18.9 Å². The van der Waals surface area contributed by atoms with E-state index in [4.69, 9.17) is 5.73 Å². The number of anilines is 1. The standard InChI is InChI=1S/C6H3F3IN/c7-2-1-3(11)6(10)5(9)4(2)8/h1H,11H2. The molecule has 0 unspecified atom stereocenters. The fourth-order valence-electron chi connectivity index (χ4n) is 0.591. The number of halogens is 4. The summed E-state index contributed by atoms with van der Waals surface area (Å²) in [6.45, 7) is 0. The third kappa shape index (κ3) is 1.42. The molecule has 11 heavy (non-hydrogen) atoms. The van der Waals surface area contributed by atoms with E-state index in [-0.39, 0.29) is 9.26 Å². The fraction of sp³-hybridized carbons (Fsp3) is 0. The van der Waals surface area contributed by atoms with Gasteiger partial charge in [-0.25, -0.2) is 13.2 Å². The number of hydrogen-bond acceptors (Lipinski definition) is 1. The van der Waals surface area contributed by atoms with E-state index in [1.807, 2.05) is 0 Å². The number of nitrogen functional groups attached to an aromatic ring is 1. The maximum Gasteiger partial charge on any atom is 0.195 e. The Balaban J connectivity index is 3.46. The van der Waals surface area contributed by atoms with Gasteiger partial charge in [-0.15, -0.1) is 0 Å². The summed E-state index contributed by atoms with van der Waals surface area (Å²) < 4.78 is 37.1. The Labute approximate surface area is 74.5 Å². The molecule has 1 nitrogen and oxygen atoms in total. The normalized spacial score (nSPS) is 10.2. The summed E-state index contributed by atoms with van der Waals surface area (Å²) in [5.41, 5.74) is 5.04. The Morgan fingerprint density at radius 3 is 2.27 bits per heavy atom. The second kappa shape index (κ2) is 2.88. The van der Waals surface area contributed by atoms with Gasteiger partial charge in [-0.05, 0) is 22.6 Å². The molecule has 0 atom stereocenters. The molecule has 0 saturated carbocycles. The summed E-state index contributed by atoms with van der Waals surface area (Å²) in [4.78, 5) is 0. The second-order valence-corrected chi connectivity index (χ2v) is 2.97. The molecular weight excluding hydrogens is 270 g/mol. The Kier molecular flexibility index (Phi) is 2.26. The fourth-order valence-corrected chi connectivity index (χ4v) is 0.984. The largest absolute Gasteiger partial charge is 0.398 e. The number of benzene rings is 1. The Bertz CT molecular complexity index is 274. The third-order valence-electron chi connectivity index (χ3n) is 1.13. The predicted molar refractivity (Wildman–Crippen MR) is 43.4 cm³/mol. The van der Waals surface area contributed by atoms with Gasteiger partial charge in [0, 0.05) is 6.07 Å². The molecule has 0 fully saturated rings. The SMILES string of the molecule is Nc1cc(F)c(F)c(F)c1I. The van der Waals surface area contributed by atoms with E-state index in [0.717, 1.165) is 6.07 Å². The molecule has 0 bridgehead atoms. The van der Waals surface area contributed by atoms with E-state index in [1.165, 1.54) is 22.6 Å². The van der Waals surface area contributed by atoms with Crippen molar-refractivity contribution in [3.63, 3.8) is 0 Å². The summed E-state index contributed by atoms with van der Waals surface area (Å²) in [7, 11) is 0. The topological polar surface area (TPSA) is 26.0 Å². The van der Waals surface area contributed by atoms with E-state index in [1.54, 1.807) is 0 Å². The lowest BCUT2D eigenvalue weighted by molar-refractivity contribution is 0.444. The molecule has 1 rings (SSSR count). The summed E-state index contributed by atoms with van der Waals surface area (Å²) >= 11 is 1.50. The van der Waals surface area contributed by atoms with Crippen molar-refractivity contribution >= 4 is 28.3 Å². The average Bonchev–Trinajstić information content (AvgIpc) is 1.97. The lowest BCUT2D eigenvalue weighted by Gasteiger charge is -2.00. The highest BCUT2D eigenvalue weighted by molar-refractivity contribution is 14.1. The number of nitrogens with two attached hydrogens (primary N) is 1. The molecule has 0 aliphatic rings. The van der Waals surface area contributed by atoms with Gasteiger partial charge in [0.1, 0.15) is 0 Å². The van der Waals surface area contributed by atoms with E-state index in [0.29, 0.717) is 0 Å². The molecule has 0 aliphatic carbocycles. The first-order chi connectivity index (χ1) is 5.04. The van der Waals surface area contributed by atoms with Crippen molar-refractivity contribution in [2.75, 3.05) is 5.73 Å². The molecule has 0 amide bonds. The monoisotopic (exact) mass is 273 g/mol.